The highest BCUT2D eigenvalue weighted by Crippen LogP contribution is 2.24. The summed E-state index contributed by atoms with van der Waals surface area (Å²) >= 11 is 7.25. The number of amides is 1. The van der Waals surface area contributed by atoms with E-state index in [9.17, 15) is 4.79 Å². The maximum Gasteiger partial charge on any atom is 0.231 e. The normalized spacial score (nSPS) is 11.8. The molecule has 3 aromatic rings. The molecule has 0 fully saturated rings. The van der Waals surface area contributed by atoms with Gasteiger partial charge in [-0.3, -0.25) is 4.79 Å². The van der Waals surface area contributed by atoms with Gasteiger partial charge in [-0.25, -0.2) is 9.97 Å². The molecule has 7 heteroatoms. The van der Waals surface area contributed by atoms with Crippen molar-refractivity contribution in [2.24, 2.45) is 0 Å². The number of rotatable bonds is 6. The molecule has 5 nitrogen and oxygen atoms in total. The fourth-order valence-corrected chi connectivity index (χ4v) is 3.47. The van der Waals surface area contributed by atoms with Gasteiger partial charge >= 0.3 is 0 Å². The lowest BCUT2D eigenvalue weighted by Crippen LogP contribution is -2.30. The summed E-state index contributed by atoms with van der Waals surface area (Å²) in [6, 6.07) is 18.7. The van der Waals surface area contributed by atoms with Crippen LogP contribution in [0.3, 0.4) is 0 Å². The Hall–Kier alpha value is -2.57. The third kappa shape index (κ3) is 5.45. The van der Waals surface area contributed by atoms with Crippen LogP contribution in [0.15, 0.2) is 65.8 Å². The Morgan fingerprint density at radius 1 is 1.11 bits per heavy atom. The van der Waals surface area contributed by atoms with Crippen molar-refractivity contribution in [1.82, 2.24) is 15.3 Å². The van der Waals surface area contributed by atoms with Gasteiger partial charge in [0.15, 0.2) is 5.16 Å². The van der Waals surface area contributed by atoms with Gasteiger partial charge in [0.2, 0.25) is 5.91 Å². The van der Waals surface area contributed by atoms with Crippen molar-refractivity contribution in [3.05, 3.63) is 82.5 Å². The Morgan fingerprint density at radius 3 is 2.44 bits per heavy atom. The molecule has 0 saturated carbocycles. The summed E-state index contributed by atoms with van der Waals surface area (Å²) in [6.07, 6.45) is 0. The van der Waals surface area contributed by atoms with Crippen LogP contribution in [0, 0.1) is 6.92 Å². The second-order valence-electron chi connectivity index (χ2n) is 5.97. The second kappa shape index (κ2) is 8.88. The molecule has 3 rings (SSSR count). The predicted octanol–water partition coefficient (Wildman–Crippen LogP) is 4.02. The monoisotopic (exact) mass is 398 g/mol. The average Bonchev–Trinajstić information content (AvgIpc) is 2.65. The number of carbonyl (C=O) groups is 1. The minimum atomic E-state index is -0.264. The van der Waals surface area contributed by atoms with Crippen molar-refractivity contribution in [3.8, 4) is 0 Å². The summed E-state index contributed by atoms with van der Waals surface area (Å²) in [4.78, 5) is 21.0. The van der Waals surface area contributed by atoms with Crippen LogP contribution in [0.5, 0.6) is 0 Å². The van der Waals surface area contributed by atoms with E-state index >= 15 is 0 Å². The minimum absolute atomic E-state index is 0.118. The fraction of sp³-hybridized carbons (Fsp3) is 0.150. The van der Waals surface area contributed by atoms with E-state index in [4.69, 9.17) is 17.3 Å². The molecule has 1 aromatic heterocycles. The number of nitrogens with two attached hydrogens (primary N) is 1. The van der Waals surface area contributed by atoms with Gasteiger partial charge in [-0.1, -0.05) is 65.8 Å². The molecular weight excluding hydrogens is 380 g/mol. The zero-order valence-electron chi connectivity index (χ0n) is 14.7. The molecule has 0 radical (unpaired) electrons. The van der Waals surface area contributed by atoms with Crippen LogP contribution in [-0.2, 0) is 4.79 Å². The first-order valence-corrected chi connectivity index (χ1v) is 9.71. The molecular formula is C20H19ClN4OS. The Kier molecular flexibility index (Phi) is 6.32. The van der Waals surface area contributed by atoms with Gasteiger partial charge in [0, 0.05) is 16.8 Å². The SMILES string of the molecule is Cc1cc(N)nc(SCC(=O)NC(c2ccccc2)c2ccc(Cl)cc2)n1. The number of nitrogens with zero attached hydrogens (tertiary/aromatic N) is 2. The summed E-state index contributed by atoms with van der Waals surface area (Å²) < 4.78 is 0. The molecule has 1 unspecified atom stereocenters. The lowest BCUT2D eigenvalue weighted by atomic mass is 9.99. The van der Waals surface area contributed by atoms with Crippen molar-refractivity contribution in [2.45, 2.75) is 18.1 Å². The smallest absolute Gasteiger partial charge is 0.231 e. The number of aromatic nitrogens is 2. The van der Waals surface area contributed by atoms with Crippen molar-refractivity contribution in [1.29, 1.82) is 0 Å². The summed E-state index contributed by atoms with van der Waals surface area (Å²) in [5.74, 6) is 0.473. The van der Waals surface area contributed by atoms with Crippen LogP contribution < -0.4 is 11.1 Å². The summed E-state index contributed by atoms with van der Waals surface area (Å²) in [6.45, 7) is 1.84. The number of hydrogen-bond donors (Lipinski definition) is 2. The summed E-state index contributed by atoms with van der Waals surface area (Å²) in [7, 11) is 0. The van der Waals surface area contributed by atoms with Gasteiger partial charge in [-0.15, -0.1) is 0 Å². The molecule has 0 saturated heterocycles. The van der Waals surface area contributed by atoms with E-state index in [0.29, 0.717) is 16.0 Å². The van der Waals surface area contributed by atoms with E-state index in [0.717, 1.165) is 16.8 Å². The molecule has 1 amide bonds. The number of carbonyl (C=O) groups excluding carboxylic acids is 1. The highest BCUT2D eigenvalue weighted by Gasteiger charge is 2.17. The lowest BCUT2D eigenvalue weighted by Gasteiger charge is -2.20. The maximum atomic E-state index is 12.6. The van der Waals surface area contributed by atoms with E-state index in [1.165, 1.54) is 11.8 Å². The third-order valence-electron chi connectivity index (χ3n) is 3.83. The molecule has 27 heavy (non-hydrogen) atoms. The first kappa shape index (κ1) is 19.2. The Balaban J connectivity index is 1.73. The molecule has 0 bridgehead atoms. The van der Waals surface area contributed by atoms with E-state index in [1.807, 2.05) is 61.5 Å². The van der Waals surface area contributed by atoms with Gasteiger partial charge in [0.05, 0.1) is 11.8 Å². The Bertz CT molecular complexity index is 899. The van der Waals surface area contributed by atoms with E-state index in [-0.39, 0.29) is 17.7 Å². The molecule has 3 N–H and O–H groups in total. The number of anilines is 1. The first-order valence-electron chi connectivity index (χ1n) is 8.35. The van der Waals surface area contributed by atoms with Gasteiger partial charge < -0.3 is 11.1 Å². The van der Waals surface area contributed by atoms with Crippen molar-refractivity contribution < 1.29 is 4.79 Å². The molecule has 0 aliphatic carbocycles. The van der Waals surface area contributed by atoms with Crippen LogP contribution in [0.25, 0.3) is 0 Å². The third-order valence-corrected chi connectivity index (χ3v) is 4.93. The van der Waals surface area contributed by atoms with Gasteiger partial charge in [0.1, 0.15) is 5.82 Å². The first-order chi connectivity index (χ1) is 13.0. The number of nitrogens with one attached hydrogen (secondary N) is 1. The van der Waals surface area contributed by atoms with Gasteiger partial charge in [-0.2, -0.15) is 0 Å². The van der Waals surface area contributed by atoms with Gasteiger partial charge in [-0.05, 0) is 30.2 Å². The number of benzene rings is 2. The average molecular weight is 399 g/mol. The highest BCUT2D eigenvalue weighted by molar-refractivity contribution is 7.99. The molecule has 2 aromatic carbocycles. The number of thioether (sulfide) groups is 1. The number of hydrogen-bond acceptors (Lipinski definition) is 5. The minimum Gasteiger partial charge on any atom is -0.384 e. The molecule has 1 heterocycles. The van der Waals surface area contributed by atoms with Crippen LogP contribution >= 0.6 is 23.4 Å². The topological polar surface area (TPSA) is 80.9 Å². The van der Waals surface area contributed by atoms with Crippen LogP contribution in [0.4, 0.5) is 5.82 Å². The van der Waals surface area contributed by atoms with Crippen molar-refractivity contribution >= 4 is 35.1 Å². The summed E-state index contributed by atoms with van der Waals surface area (Å²) in [5.41, 5.74) is 8.46. The largest absolute Gasteiger partial charge is 0.384 e. The predicted molar refractivity (Wildman–Crippen MR) is 110 cm³/mol. The van der Waals surface area contributed by atoms with E-state index < -0.39 is 0 Å². The Labute approximate surface area is 167 Å². The van der Waals surface area contributed by atoms with Crippen LogP contribution in [0.2, 0.25) is 5.02 Å². The zero-order valence-corrected chi connectivity index (χ0v) is 16.3. The molecule has 1 atom stereocenters. The Morgan fingerprint density at radius 2 is 1.78 bits per heavy atom. The second-order valence-corrected chi connectivity index (χ2v) is 7.35. The van der Waals surface area contributed by atoms with Crippen LogP contribution in [-0.4, -0.2) is 21.6 Å². The molecule has 0 spiro atoms. The number of aryl methyl sites for hydroxylation is 1. The highest BCUT2D eigenvalue weighted by atomic mass is 35.5. The molecule has 0 aliphatic rings. The van der Waals surface area contributed by atoms with Gasteiger partial charge in [0.25, 0.3) is 0 Å². The van der Waals surface area contributed by atoms with Crippen LogP contribution in [0.1, 0.15) is 22.9 Å². The quantitative estimate of drug-likeness (QED) is 0.484. The summed E-state index contributed by atoms with van der Waals surface area (Å²) in [5, 5.41) is 4.22. The van der Waals surface area contributed by atoms with Crippen molar-refractivity contribution in [2.75, 3.05) is 11.5 Å². The van der Waals surface area contributed by atoms with E-state index in [1.54, 1.807) is 6.07 Å². The number of halogens is 1. The van der Waals surface area contributed by atoms with E-state index in [2.05, 4.69) is 15.3 Å². The molecule has 0 aliphatic heterocycles. The zero-order chi connectivity index (χ0) is 19.2. The van der Waals surface area contributed by atoms with Crippen molar-refractivity contribution in [3.63, 3.8) is 0 Å². The lowest BCUT2D eigenvalue weighted by molar-refractivity contribution is -0.119. The fourth-order valence-electron chi connectivity index (χ4n) is 2.62. The number of nitrogen functional groups attached to an aromatic ring is 1. The molecule has 138 valence electrons. The standard InChI is InChI=1S/C20H19ClN4OS/c1-13-11-17(22)24-20(23-13)27-12-18(26)25-19(14-5-3-2-4-6-14)15-7-9-16(21)10-8-15/h2-11,19H,12H2,1H3,(H,25,26)(H2,22,23,24). The maximum absolute atomic E-state index is 12.6.